The van der Waals surface area contributed by atoms with Gasteiger partial charge in [0.2, 0.25) is 5.78 Å². The molecule has 1 aromatic rings. The SMILES string of the molecule is C=C1C(=O)C(Nc2cccc(C(=O)N(C)C)c2O)=C1N[C@@H]1CCCC[C@H]1CCC. The summed E-state index contributed by atoms with van der Waals surface area (Å²) in [4.78, 5) is 26.1. The van der Waals surface area contributed by atoms with E-state index in [-0.39, 0.29) is 23.0 Å². The average molecular weight is 398 g/mol. The number of amides is 1. The van der Waals surface area contributed by atoms with Crippen LogP contribution in [-0.4, -0.2) is 41.8 Å². The Labute approximate surface area is 172 Å². The highest BCUT2D eigenvalue weighted by Crippen LogP contribution is 2.36. The molecule has 6 nitrogen and oxygen atoms in total. The molecule has 1 aromatic carbocycles. The van der Waals surface area contributed by atoms with Gasteiger partial charge in [0.15, 0.2) is 5.75 Å². The number of carbonyl (C=O) groups is 2. The minimum absolute atomic E-state index is 0.162. The van der Waals surface area contributed by atoms with Crippen LogP contribution in [0.1, 0.15) is 55.8 Å². The third-order valence-corrected chi connectivity index (χ3v) is 5.88. The van der Waals surface area contributed by atoms with E-state index in [1.165, 1.54) is 30.6 Å². The zero-order valence-corrected chi connectivity index (χ0v) is 17.5. The zero-order valence-electron chi connectivity index (χ0n) is 17.5. The number of allylic oxidation sites excluding steroid dienone is 2. The fourth-order valence-electron chi connectivity index (χ4n) is 4.24. The molecule has 0 heterocycles. The van der Waals surface area contributed by atoms with Gasteiger partial charge in [0.25, 0.3) is 5.91 Å². The molecule has 29 heavy (non-hydrogen) atoms. The van der Waals surface area contributed by atoms with Crippen LogP contribution >= 0.6 is 0 Å². The summed E-state index contributed by atoms with van der Waals surface area (Å²) >= 11 is 0. The number of benzene rings is 1. The summed E-state index contributed by atoms with van der Waals surface area (Å²) in [6, 6.07) is 5.23. The number of carbonyl (C=O) groups excluding carboxylic acids is 2. The van der Waals surface area contributed by atoms with E-state index in [2.05, 4.69) is 24.1 Å². The summed E-state index contributed by atoms with van der Waals surface area (Å²) in [5, 5.41) is 17.2. The van der Waals surface area contributed by atoms with Crippen molar-refractivity contribution < 1.29 is 14.7 Å². The molecule has 0 bridgehead atoms. The molecule has 0 aliphatic heterocycles. The normalized spacial score (nSPS) is 21.6. The first-order valence-electron chi connectivity index (χ1n) is 10.4. The second-order valence-electron chi connectivity index (χ2n) is 8.17. The largest absolute Gasteiger partial charge is 0.505 e. The number of hydrogen-bond acceptors (Lipinski definition) is 5. The van der Waals surface area contributed by atoms with Crippen LogP contribution < -0.4 is 10.6 Å². The first kappa shape index (κ1) is 21.0. The lowest BCUT2D eigenvalue weighted by atomic mass is 9.80. The van der Waals surface area contributed by atoms with Crippen LogP contribution in [0.3, 0.4) is 0 Å². The molecule has 1 amide bonds. The molecule has 3 N–H and O–H groups in total. The summed E-state index contributed by atoms with van der Waals surface area (Å²) in [5.74, 6) is -0.0307. The van der Waals surface area contributed by atoms with Crippen molar-refractivity contribution in [2.45, 2.75) is 51.5 Å². The summed E-state index contributed by atoms with van der Waals surface area (Å²) in [6.07, 6.45) is 7.05. The first-order valence-corrected chi connectivity index (χ1v) is 10.4. The molecule has 2 aliphatic rings. The number of anilines is 1. The molecule has 2 aliphatic carbocycles. The van der Waals surface area contributed by atoms with Crippen molar-refractivity contribution in [3.05, 3.63) is 47.3 Å². The van der Waals surface area contributed by atoms with Crippen LogP contribution in [0.4, 0.5) is 5.69 Å². The number of rotatable bonds is 7. The molecule has 0 unspecified atom stereocenters. The van der Waals surface area contributed by atoms with Gasteiger partial charge in [-0.05, 0) is 37.3 Å². The van der Waals surface area contributed by atoms with E-state index in [1.807, 2.05) is 0 Å². The maximum absolute atomic E-state index is 12.4. The maximum Gasteiger partial charge on any atom is 0.257 e. The van der Waals surface area contributed by atoms with Gasteiger partial charge in [-0.15, -0.1) is 0 Å². The molecular weight excluding hydrogens is 366 g/mol. The van der Waals surface area contributed by atoms with Gasteiger partial charge in [0.1, 0.15) is 5.70 Å². The number of Topliss-reactive ketones (excluding diaryl/α,β-unsaturated/α-hetero) is 1. The van der Waals surface area contributed by atoms with E-state index in [9.17, 15) is 14.7 Å². The number of nitrogens with zero attached hydrogens (tertiary/aromatic N) is 1. The summed E-state index contributed by atoms with van der Waals surface area (Å²) in [6.45, 7) is 6.11. The Kier molecular flexibility index (Phi) is 6.30. The Balaban J connectivity index is 1.84. The Hall–Kier alpha value is -2.76. The highest BCUT2D eigenvalue weighted by Gasteiger charge is 2.36. The van der Waals surface area contributed by atoms with Gasteiger partial charge in [-0.1, -0.05) is 38.8 Å². The monoisotopic (exact) mass is 397 g/mol. The van der Waals surface area contributed by atoms with Gasteiger partial charge in [-0.2, -0.15) is 0 Å². The van der Waals surface area contributed by atoms with Crippen LogP contribution in [0, 0.1) is 5.92 Å². The van der Waals surface area contributed by atoms with E-state index in [0.717, 1.165) is 18.5 Å². The Morgan fingerprint density at radius 2 is 1.97 bits per heavy atom. The number of hydrogen-bond donors (Lipinski definition) is 3. The van der Waals surface area contributed by atoms with E-state index >= 15 is 0 Å². The zero-order chi connectivity index (χ0) is 21.1. The fourth-order valence-corrected chi connectivity index (χ4v) is 4.24. The van der Waals surface area contributed by atoms with Gasteiger partial charge in [0, 0.05) is 25.7 Å². The fraction of sp³-hybridized carbons (Fsp3) is 0.478. The van der Waals surface area contributed by atoms with Crippen LogP contribution in [0.2, 0.25) is 0 Å². The Bertz CT molecular complexity index is 855. The molecule has 1 saturated carbocycles. The minimum atomic E-state index is -0.299. The third kappa shape index (κ3) is 4.16. The molecule has 3 rings (SSSR count). The van der Waals surface area contributed by atoms with Crippen LogP contribution in [0.5, 0.6) is 5.75 Å². The number of aromatic hydroxyl groups is 1. The number of ketones is 1. The van der Waals surface area contributed by atoms with E-state index in [4.69, 9.17) is 0 Å². The van der Waals surface area contributed by atoms with Crippen molar-refractivity contribution in [1.82, 2.24) is 10.2 Å². The topological polar surface area (TPSA) is 81.7 Å². The summed E-state index contributed by atoms with van der Waals surface area (Å²) in [7, 11) is 3.26. The lowest BCUT2D eigenvalue weighted by molar-refractivity contribution is -0.113. The smallest absolute Gasteiger partial charge is 0.257 e. The molecule has 156 valence electrons. The number of phenols is 1. The average Bonchev–Trinajstić information content (AvgIpc) is 2.72. The third-order valence-electron chi connectivity index (χ3n) is 5.88. The standard InChI is InChI=1S/C23H31N3O3/c1-5-9-15-10-6-7-12-17(15)24-19-14(2)21(27)20(19)25-18-13-8-11-16(22(18)28)23(29)26(3)4/h8,11,13,15,17,24-25,28H,2,5-7,9-10,12H2,1,3-4H3/t15-,17-/m1/s1. The van der Waals surface area contributed by atoms with Crippen LogP contribution in [0.15, 0.2) is 41.7 Å². The second kappa shape index (κ2) is 8.72. The van der Waals surface area contributed by atoms with Crippen molar-refractivity contribution in [3.63, 3.8) is 0 Å². The van der Waals surface area contributed by atoms with Gasteiger partial charge in [-0.3, -0.25) is 9.59 Å². The molecular formula is C23H31N3O3. The van der Waals surface area contributed by atoms with Crippen molar-refractivity contribution in [2.24, 2.45) is 5.92 Å². The predicted molar refractivity (Wildman–Crippen MR) is 115 cm³/mol. The van der Waals surface area contributed by atoms with Crippen molar-refractivity contribution in [3.8, 4) is 5.75 Å². The molecule has 0 spiro atoms. The Morgan fingerprint density at radius 3 is 2.66 bits per heavy atom. The van der Waals surface area contributed by atoms with Crippen molar-refractivity contribution >= 4 is 17.4 Å². The van der Waals surface area contributed by atoms with Gasteiger partial charge >= 0.3 is 0 Å². The highest BCUT2D eigenvalue weighted by molar-refractivity contribution is 6.21. The minimum Gasteiger partial charge on any atom is -0.505 e. The van der Waals surface area contributed by atoms with Crippen LogP contribution in [-0.2, 0) is 4.79 Å². The highest BCUT2D eigenvalue weighted by atomic mass is 16.3. The van der Waals surface area contributed by atoms with Gasteiger partial charge < -0.3 is 20.6 Å². The van der Waals surface area contributed by atoms with Crippen molar-refractivity contribution in [1.29, 1.82) is 0 Å². The van der Waals surface area contributed by atoms with Crippen molar-refractivity contribution in [2.75, 3.05) is 19.4 Å². The molecule has 0 radical (unpaired) electrons. The van der Waals surface area contributed by atoms with Crippen LogP contribution in [0.25, 0.3) is 0 Å². The Morgan fingerprint density at radius 1 is 1.24 bits per heavy atom. The summed E-state index contributed by atoms with van der Waals surface area (Å²) < 4.78 is 0. The lowest BCUT2D eigenvalue weighted by Crippen LogP contribution is -2.44. The number of nitrogens with one attached hydrogen (secondary N) is 2. The van der Waals surface area contributed by atoms with E-state index in [0.29, 0.717) is 28.9 Å². The molecule has 2 atom stereocenters. The molecule has 0 aromatic heterocycles. The van der Waals surface area contributed by atoms with Gasteiger partial charge in [0.05, 0.1) is 16.9 Å². The van der Waals surface area contributed by atoms with E-state index in [1.54, 1.807) is 32.3 Å². The first-order chi connectivity index (χ1) is 13.8. The second-order valence-corrected chi connectivity index (χ2v) is 8.17. The maximum atomic E-state index is 12.4. The predicted octanol–water partition coefficient (Wildman–Crippen LogP) is 3.80. The number of para-hydroxylation sites is 1. The van der Waals surface area contributed by atoms with Gasteiger partial charge in [-0.25, -0.2) is 0 Å². The molecule has 6 heteroatoms. The molecule has 0 saturated heterocycles. The lowest BCUT2D eigenvalue weighted by Gasteiger charge is -2.37. The number of phenolic OH excluding ortho intramolecular Hbond substituents is 1. The quantitative estimate of drug-likeness (QED) is 0.482. The van der Waals surface area contributed by atoms with E-state index < -0.39 is 0 Å². The summed E-state index contributed by atoms with van der Waals surface area (Å²) in [5.41, 5.74) is 2.12. The molecule has 1 fully saturated rings.